The fraction of sp³-hybridized carbons (Fsp3) is 0.333. The van der Waals surface area contributed by atoms with Crippen LogP contribution in [0.2, 0.25) is 0 Å². The first-order chi connectivity index (χ1) is 9.22. The van der Waals surface area contributed by atoms with E-state index < -0.39 is 0 Å². The van der Waals surface area contributed by atoms with Crippen molar-refractivity contribution in [3.8, 4) is 0 Å². The smallest absolute Gasteiger partial charge is 0.123 e. The highest BCUT2D eigenvalue weighted by Gasteiger charge is 2.40. The molecule has 2 bridgehead atoms. The van der Waals surface area contributed by atoms with Crippen LogP contribution in [0.4, 0.5) is 10.1 Å². The third kappa shape index (κ3) is 1.60. The Morgan fingerprint density at radius 1 is 1.32 bits per heavy atom. The van der Waals surface area contributed by atoms with Crippen LogP contribution in [0.3, 0.4) is 0 Å². The molecule has 19 heavy (non-hydrogen) atoms. The van der Waals surface area contributed by atoms with Crippen LogP contribution >= 0.6 is 0 Å². The highest BCUT2D eigenvalue weighted by atomic mass is 19.1. The molecule has 1 saturated heterocycles. The van der Waals surface area contributed by atoms with Crippen LogP contribution < -0.4 is 5.06 Å². The lowest BCUT2D eigenvalue weighted by Gasteiger charge is -2.30. The van der Waals surface area contributed by atoms with Crippen molar-refractivity contribution in [2.45, 2.75) is 25.0 Å². The highest BCUT2D eigenvalue weighted by Crippen LogP contribution is 2.44. The van der Waals surface area contributed by atoms with Gasteiger partial charge in [-0.15, -0.1) is 0 Å². The molecule has 0 saturated carbocycles. The Balaban J connectivity index is 1.79. The molecular formula is C15H15FN2O. The summed E-state index contributed by atoms with van der Waals surface area (Å²) >= 11 is 0. The topological polar surface area (TPSA) is 17.4 Å². The Hall–Kier alpha value is -1.81. The van der Waals surface area contributed by atoms with Crippen molar-refractivity contribution < 1.29 is 9.23 Å². The van der Waals surface area contributed by atoms with Crippen molar-refractivity contribution in [2.24, 2.45) is 7.05 Å². The van der Waals surface area contributed by atoms with E-state index in [1.54, 1.807) is 6.07 Å². The van der Waals surface area contributed by atoms with Gasteiger partial charge in [-0.25, -0.2) is 9.45 Å². The van der Waals surface area contributed by atoms with E-state index in [1.165, 1.54) is 11.8 Å². The lowest BCUT2D eigenvalue weighted by atomic mass is 10.0. The van der Waals surface area contributed by atoms with Gasteiger partial charge in [0, 0.05) is 31.8 Å². The average Bonchev–Trinajstić information content (AvgIpc) is 2.94. The van der Waals surface area contributed by atoms with Gasteiger partial charge >= 0.3 is 0 Å². The van der Waals surface area contributed by atoms with Crippen LogP contribution in [0, 0.1) is 5.82 Å². The largest absolute Gasteiger partial charge is 0.353 e. The summed E-state index contributed by atoms with van der Waals surface area (Å²) in [4.78, 5) is 5.95. The molecule has 0 unspecified atom stereocenters. The monoisotopic (exact) mass is 258 g/mol. The zero-order chi connectivity index (χ0) is 13.0. The number of aryl methyl sites for hydroxylation is 1. The van der Waals surface area contributed by atoms with Gasteiger partial charge in [0.05, 0.1) is 17.8 Å². The van der Waals surface area contributed by atoms with Crippen LogP contribution in [0.5, 0.6) is 0 Å². The average molecular weight is 258 g/mol. The molecule has 1 aromatic heterocycles. The minimum absolute atomic E-state index is 0.161. The quantitative estimate of drug-likeness (QED) is 0.782. The Morgan fingerprint density at radius 2 is 2.21 bits per heavy atom. The number of halogens is 1. The van der Waals surface area contributed by atoms with Crippen molar-refractivity contribution in [1.29, 1.82) is 0 Å². The summed E-state index contributed by atoms with van der Waals surface area (Å²) in [5.41, 5.74) is 3.29. The third-order valence-electron chi connectivity index (χ3n) is 4.08. The second-order valence-electron chi connectivity index (χ2n) is 5.33. The number of nitrogens with zero attached hydrogens (tertiary/aromatic N) is 2. The van der Waals surface area contributed by atoms with Crippen LogP contribution in [-0.2, 0) is 18.3 Å². The van der Waals surface area contributed by atoms with Gasteiger partial charge in [0.25, 0.3) is 0 Å². The van der Waals surface area contributed by atoms with Crippen molar-refractivity contribution in [1.82, 2.24) is 4.57 Å². The molecule has 0 radical (unpaired) electrons. The zero-order valence-corrected chi connectivity index (χ0v) is 10.7. The molecule has 0 spiro atoms. The second-order valence-corrected chi connectivity index (χ2v) is 5.33. The number of rotatable bonds is 1. The maximum atomic E-state index is 13.3. The molecule has 1 fully saturated rings. The van der Waals surface area contributed by atoms with Gasteiger partial charge in [0.15, 0.2) is 0 Å². The summed E-state index contributed by atoms with van der Waals surface area (Å²) in [6, 6.07) is 9.34. The minimum Gasteiger partial charge on any atom is -0.353 e. The molecule has 0 aliphatic carbocycles. The molecule has 4 rings (SSSR count). The Morgan fingerprint density at radius 3 is 3.00 bits per heavy atom. The number of hydrogen-bond acceptors (Lipinski definition) is 2. The standard InChI is InChI=1S/C15H15FN2O/c1-17-6-2-3-14(17)15-9-12-8-10-7-11(16)4-5-13(10)18(15)19-12/h2-7,12,15H,8-9H2,1H3/t12-,15+/m1/s1. The van der Waals surface area contributed by atoms with Gasteiger partial charge in [-0.2, -0.15) is 0 Å². The van der Waals surface area contributed by atoms with Crippen LogP contribution in [0.25, 0.3) is 0 Å². The summed E-state index contributed by atoms with van der Waals surface area (Å²) in [5, 5.41) is 1.96. The number of benzene rings is 1. The molecule has 0 amide bonds. The summed E-state index contributed by atoms with van der Waals surface area (Å²) in [7, 11) is 2.05. The van der Waals surface area contributed by atoms with E-state index in [2.05, 4.69) is 10.6 Å². The van der Waals surface area contributed by atoms with Gasteiger partial charge in [0.1, 0.15) is 5.82 Å². The van der Waals surface area contributed by atoms with Gasteiger partial charge in [-0.3, -0.25) is 4.84 Å². The van der Waals surface area contributed by atoms with Crippen molar-refractivity contribution in [2.75, 3.05) is 5.06 Å². The van der Waals surface area contributed by atoms with Crippen molar-refractivity contribution in [3.63, 3.8) is 0 Å². The summed E-state index contributed by atoms with van der Waals surface area (Å²) in [5.74, 6) is -0.170. The molecule has 2 aromatic rings. The van der Waals surface area contributed by atoms with E-state index in [1.807, 2.05) is 30.4 Å². The Labute approximate surface area is 111 Å². The van der Waals surface area contributed by atoms with Gasteiger partial charge in [0.2, 0.25) is 0 Å². The van der Waals surface area contributed by atoms with E-state index in [0.29, 0.717) is 0 Å². The molecule has 0 N–H and O–H groups in total. The fourth-order valence-electron chi connectivity index (χ4n) is 3.21. The molecule has 98 valence electrons. The maximum Gasteiger partial charge on any atom is 0.123 e. The third-order valence-corrected chi connectivity index (χ3v) is 4.08. The second kappa shape index (κ2) is 3.84. The predicted octanol–water partition coefficient (Wildman–Crippen LogP) is 2.97. The van der Waals surface area contributed by atoms with Crippen molar-refractivity contribution >= 4 is 5.69 Å². The molecule has 2 atom stereocenters. The molecule has 4 heteroatoms. The predicted molar refractivity (Wildman–Crippen MR) is 70.2 cm³/mol. The molecule has 2 aliphatic heterocycles. The molecule has 2 aliphatic rings. The summed E-state index contributed by atoms with van der Waals surface area (Å²) in [6.45, 7) is 0. The van der Waals surface area contributed by atoms with E-state index in [0.717, 1.165) is 24.1 Å². The van der Waals surface area contributed by atoms with E-state index in [4.69, 9.17) is 4.84 Å². The van der Waals surface area contributed by atoms with Crippen LogP contribution in [0.15, 0.2) is 36.5 Å². The zero-order valence-electron chi connectivity index (χ0n) is 10.7. The maximum absolute atomic E-state index is 13.3. The van der Waals surface area contributed by atoms with Gasteiger partial charge in [-0.05, 0) is 35.9 Å². The lowest BCUT2D eigenvalue weighted by Crippen LogP contribution is -2.28. The Kier molecular flexibility index (Phi) is 2.23. The van der Waals surface area contributed by atoms with Crippen LogP contribution in [0.1, 0.15) is 23.7 Å². The van der Waals surface area contributed by atoms with E-state index in [9.17, 15) is 4.39 Å². The normalized spacial score (nSPS) is 24.6. The summed E-state index contributed by atoms with van der Waals surface area (Å²) < 4.78 is 15.5. The highest BCUT2D eigenvalue weighted by molar-refractivity contribution is 5.56. The van der Waals surface area contributed by atoms with Crippen molar-refractivity contribution in [3.05, 3.63) is 53.6 Å². The van der Waals surface area contributed by atoms with Crippen LogP contribution in [-0.4, -0.2) is 10.7 Å². The first-order valence-electron chi connectivity index (χ1n) is 6.58. The Bertz CT molecular complexity index is 637. The molecule has 1 aromatic carbocycles. The molecular weight excluding hydrogens is 243 g/mol. The number of hydroxylamine groups is 1. The summed E-state index contributed by atoms with van der Waals surface area (Å²) in [6.07, 6.45) is 3.96. The SMILES string of the molecule is Cn1cccc1[C@@H]1C[C@H]2Cc3cc(F)ccc3N1O2. The number of aromatic nitrogens is 1. The number of anilines is 1. The lowest BCUT2D eigenvalue weighted by molar-refractivity contribution is 0.0730. The first-order valence-corrected chi connectivity index (χ1v) is 6.58. The fourth-order valence-corrected chi connectivity index (χ4v) is 3.21. The van der Waals surface area contributed by atoms with Gasteiger partial charge < -0.3 is 4.57 Å². The number of fused-ring (bicyclic) bond motifs is 4. The van der Waals surface area contributed by atoms with E-state index >= 15 is 0 Å². The van der Waals surface area contributed by atoms with E-state index in [-0.39, 0.29) is 18.0 Å². The van der Waals surface area contributed by atoms with Gasteiger partial charge in [-0.1, -0.05) is 0 Å². The number of hydrogen-bond donors (Lipinski definition) is 0. The first kappa shape index (κ1) is 11.1. The minimum atomic E-state index is -0.170. The molecule has 3 heterocycles. The molecule has 3 nitrogen and oxygen atoms in total.